The molecule has 1 amide bonds. The Hall–Kier alpha value is -2.62. The normalized spacial score (nSPS) is 14.2. The summed E-state index contributed by atoms with van der Waals surface area (Å²) in [6, 6.07) is 14.6. The van der Waals surface area contributed by atoms with Crippen LogP contribution in [0.1, 0.15) is 45.5 Å². The minimum absolute atomic E-state index is 0.00700. The molecule has 0 aliphatic carbocycles. The highest BCUT2D eigenvalue weighted by Gasteiger charge is 2.18. The first-order valence-electron chi connectivity index (χ1n) is 8.73. The molecule has 1 heterocycles. The predicted octanol–water partition coefficient (Wildman–Crippen LogP) is 3.75. The molecule has 2 aromatic carbocycles. The molecule has 4 nitrogen and oxygen atoms in total. The fraction of sp³-hybridized carbons (Fsp3) is 0.333. The maximum atomic E-state index is 12.5. The highest BCUT2D eigenvalue weighted by molar-refractivity contribution is 6.00. The van der Waals surface area contributed by atoms with Gasteiger partial charge in [-0.3, -0.25) is 9.59 Å². The minimum atomic E-state index is 0.00700. The van der Waals surface area contributed by atoms with Gasteiger partial charge in [0.2, 0.25) is 0 Å². The summed E-state index contributed by atoms with van der Waals surface area (Å²) in [6.07, 6.45) is 3.65. The number of ether oxygens (including phenoxy) is 1. The van der Waals surface area contributed by atoms with E-state index in [-0.39, 0.29) is 11.7 Å². The summed E-state index contributed by atoms with van der Waals surface area (Å²) in [6.45, 7) is 1.68. The van der Waals surface area contributed by atoms with Crippen molar-refractivity contribution in [1.82, 2.24) is 4.90 Å². The lowest BCUT2D eigenvalue weighted by Crippen LogP contribution is -2.35. The molecule has 0 radical (unpaired) electrons. The van der Waals surface area contributed by atoms with Gasteiger partial charge in [0.25, 0.3) is 5.91 Å². The van der Waals surface area contributed by atoms with Crippen LogP contribution < -0.4 is 4.74 Å². The van der Waals surface area contributed by atoms with Crippen LogP contribution in [0.15, 0.2) is 48.5 Å². The van der Waals surface area contributed by atoms with Crippen molar-refractivity contribution < 1.29 is 14.3 Å². The number of rotatable bonds is 5. The Kier molecular flexibility index (Phi) is 5.49. The van der Waals surface area contributed by atoms with Crippen molar-refractivity contribution in [3.8, 4) is 5.75 Å². The van der Waals surface area contributed by atoms with Gasteiger partial charge in [-0.05, 0) is 49.1 Å². The number of carbonyl (C=O) groups is 2. The van der Waals surface area contributed by atoms with Crippen LogP contribution in [-0.4, -0.2) is 36.8 Å². The maximum absolute atomic E-state index is 12.5. The first kappa shape index (κ1) is 17.2. The van der Waals surface area contributed by atoms with Crippen molar-refractivity contribution in [3.05, 3.63) is 65.2 Å². The van der Waals surface area contributed by atoms with Gasteiger partial charge in [-0.2, -0.15) is 0 Å². The van der Waals surface area contributed by atoms with Gasteiger partial charge >= 0.3 is 0 Å². The second kappa shape index (κ2) is 7.97. The van der Waals surface area contributed by atoms with Crippen LogP contribution in [0, 0.1) is 0 Å². The fourth-order valence-electron chi connectivity index (χ4n) is 3.20. The number of Topliss-reactive ketones (excluding diaryl/α,β-unsaturated/α-hetero) is 1. The van der Waals surface area contributed by atoms with E-state index in [9.17, 15) is 9.59 Å². The fourth-order valence-corrected chi connectivity index (χ4v) is 3.20. The molecular formula is C21H23NO3. The average Bonchev–Trinajstić information content (AvgIpc) is 2.68. The number of hydrogen-bond donors (Lipinski definition) is 0. The lowest BCUT2D eigenvalue weighted by molar-refractivity contribution is 0.0724. The summed E-state index contributed by atoms with van der Waals surface area (Å²) >= 11 is 0. The molecule has 0 saturated carbocycles. The van der Waals surface area contributed by atoms with Gasteiger partial charge < -0.3 is 9.64 Å². The number of carbonyl (C=O) groups excluding carboxylic acids is 2. The van der Waals surface area contributed by atoms with Gasteiger partial charge in [-0.15, -0.1) is 0 Å². The second-order valence-corrected chi connectivity index (χ2v) is 6.35. The molecule has 130 valence electrons. The number of likely N-dealkylation sites (tertiary alicyclic amines) is 1. The maximum Gasteiger partial charge on any atom is 0.253 e. The number of ketones is 1. The van der Waals surface area contributed by atoms with Crippen molar-refractivity contribution in [2.24, 2.45) is 0 Å². The second-order valence-electron chi connectivity index (χ2n) is 6.35. The van der Waals surface area contributed by atoms with Crippen molar-refractivity contribution in [3.63, 3.8) is 0 Å². The van der Waals surface area contributed by atoms with E-state index in [0.717, 1.165) is 31.5 Å². The van der Waals surface area contributed by atoms with Crippen molar-refractivity contribution in [2.45, 2.75) is 25.7 Å². The van der Waals surface area contributed by atoms with Crippen LogP contribution in [0.25, 0.3) is 0 Å². The van der Waals surface area contributed by atoms with E-state index >= 15 is 0 Å². The topological polar surface area (TPSA) is 46.6 Å². The van der Waals surface area contributed by atoms with Crippen LogP contribution >= 0.6 is 0 Å². The van der Waals surface area contributed by atoms with E-state index < -0.39 is 0 Å². The number of para-hydroxylation sites is 1. The molecule has 1 aliphatic rings. The van der Waals surface area contributed by atoms with E-state index in [4.69, 9.17) is 4.74 Å². The smallest absolute Gasteiger partial charge is 0.253 e. The van der Waals surface area contributed by atoms with Gasteiger partial charge in [0.1, 0.15) is 5.75 Å². The van der Waals surface area contributed by atoms with Gasteiger partial charge in [0.15, 0.2) is 5.78 Å². The summed E-state index contributed by atoms with van der Waals surface area (Å²) in [5.74, 6) is 0.680. The van der Waals surface area contributed by atoms with E-state index in [1.54, 1.807) is 19.2 Å². The van der Waals surface area contributed by atoms with Crippen molar-refractivity contribution >= 4 is 11.7 Å². The van der Waals surface area contributed by atoms with Crippen LogP contribution in [0.4, 0.5) is 0 Å². The highest BCUT2D eigenvalue weighted by atomic mass is 16.5. The average molecular weight is 337 g/mol. The summed E-state index contributed by atoms with van der Waals surface area (Å²) in [5.41, 5.74) is 2.17. The third-order valence-corrected chi connectivity index (χ3v) is 4.62. The first-order chi connectivity index (χ1) is 12.2. The van der Waals surface area contributed by atoms with Crippen LogP contribution in [0.5, 0.6) is 5.75 Å². The van der Waals surface area contributed by atoms with Crippen molar-refractivity contribution in [1.29, 1.82) is 0 Å². The summed E-state index contributed by atoms with van der Waals surface area (Å²) < 4.78 is 5.25. The lowest BCUT2D eigenvalue weighted by atomic mass is 10.0. The molecule has 4 heteroatoms. The Morgan fingerprint density at radius 3 is 2.32 bits per heavy atom. The SMILES string of the molecule is COc1ccccc1C(=O)Cc1ccc(C(=O)N2CCCCC2)cc1. The third kappa shape index (κ3) is 4.08. The number of benzene rings is 2. The summed E-state index contributed by atoms with van der Waals surface area (Å²) in [5, 5.41) is 0. The van der Waals surface area contributed by atoms with Crippen LogP contribution in [-0.2, 0) is 6.42 Å². The molecule has 3 rings (SSSR count). The van der Waals surface area contributed by atoms with Gasteiger partial charge in [0, 0.05) is 25.1 Å². The molecule has 25 heavy (non-hydrogen) atoms. The number of nitrogens with zero attached hydrogens (tertiary/aromatic N) is 1. The van der Waals surface area contributed by atoms with E-state index in [1.165, 1.54) is 6.42 Å². The van der Waals surface area contributed by atoms with E-state index in [0.29, 0.717) is 23.3 Å². The molecule has 1 fully saturated rings. The standard InChI is InChI=1S/C21H23NO3/c1-25-20-8-4-3-7-18(20)19(23)15-16-9-11-17(12-10-16)21(24)22-13-5-2-6-14-22/h3-4,7-12H,2,5-6,13-15H2,1H3. The zero-order chi connectivity index (χ0) is 17.6. The molecule has 0 spiro atoms. The van der Waals surface area contributed by atoms with Crippen LogP contribution in [0.2, 0.25) is 0 Å². The Bertz CT molecular complexity index is 746. The molecule has 1 aliphatic heterocycles. The number of amides is 1. The number of methoxy groups -OCH3 is 1. The quantitative estimate of drug-likeness (QED) is 0.781. The summed E-state index contributed by atoms with van der Waals surface area (Å²) in [7, 11) is 1.56. The zero-order valence-corrected chi connectivity index (χ0v) is 14.5. The molecule has 2 aromatic rings. The van der Waals surface area contributed by atoms with Gasteiger partial charge in [-0.1, -0.05) is 24.3 Å². The van der Waals surface area contributed by atoms with E-state index in [2.05, 4.69) is 0 Å². The highest BCUT2D eigenvalue weighted by Crippen LogP contribution is 2.20. The molecule has 0 bridgehead atoms. The van der Waals surface area contributed by atoms with E-state index in [1.807, 2.05) is 41.3 Å². The van der Waals surface area contributed by atoms with Crippen LogP contribution in [0.3, 0.4) is 0 Å². The zero-order valence-electron chi connectivity index (χ0n) is 14.5. The van der Waals surface area contributed by atoms with Gasteiger partial charge in [0.05, 0.1) is 12.7 Å². The monoisotopic (exact) mass is 337 g/mol. The largest absolute Gasteiger partial charge is 0.496 e. The minimum Gasteiger partial charge on any atom is -0.496 e. The number of piperidine rings is 1. The molecule has 0 unspecified atom stereocenters. The molecular weight excluding hydrogens is 314 g/mol. The predicted molar refractivity (Wildman–Crippen MR) is 97.2 cm³/mol. The van der Waals surface area contributed by atoms with Gasteiger partial charge in [-0.25, -0.2) is 0 Å². The third-order valence-electron chi connectivity index (χ3n) is 4.62. The Labute approximate surface area is 148 Å². The summed E-state index contributed by atoms with van der Waals surface area (Å²) in [4.78, 5) is 26.9. The first-order valence-corrected chi connectivity index (χ1v) is 8.73. The molecule has 0 atom stereocenters. The molecule has 1 saturated heterocycles. The lowest BCUT2D eigenvalue weighted by Gasteiger charge is -2.26. The number of hydrogen-bond acceptors (Lipinski definition) is 3. The Balaban J connectivity index is 1.68. The molecule has 0 N–H and O–H groups in total. The molecule has 0 aromatic heterocycles. The van der Waals surface area contributed by atoms with Crippen molar-refractivity contribution in [2.75, 3.05) is 20.2 Å². The Morgan fingerprint density at radius 2 is 1.64 bits per heavy atom. The Morgan fingerprint density at radius 1 is 0.960 bits per heavy atom.